The van der Waals surface area contributed by atoms with Gasteiger partial charge in [-0.25, -0.2) is 0 Å². The first-order chi connectivity index (χ1) is 36.6. The van der Waals surface area contributed by atoms with E-state index in [1.807, 2.05) is 0 Å². The number of unbranched alkanes of at least 4 members (excludes halogenated alkanes) is 21. The van der Waals surface area contributed by atoms with Crippen LogP contribution in [0.5, 0.6) is 0 Å². The van der Waals surface area contributed by atoms with Gasteiger partial charge in [-0.3, -0.25) is 4.79 Å². The topological polar surface area (TPSA) is 214 Å². The summed E-state index contributed by atoms with van der Waals surface area (Å²) in [5.41, 5.74) is 0. The molecule has 11 atom stereocenters. The molecule has 2 aliphatic heterocycles. The molecule has 0 aromatic carbocycles. The molecule has 0 bridgehead atoms. The molecular formula is C61H106O14. The molecule has 0 radical (unpaired) electrons. The van der Waals surface area contributed by atoms with Crippen LogP contribution in [0.1, 0.15) is 206 Å². The summed E-state index contributed by atoms with van der Waals surface area (Å²) in [5, 5.41) is 72.4. The summed E-state index contributed by atoms with van der Waals surface area (Å²) in [7, 11) is 0. The molecule has 2 heterocycles. The van der Waals surface area contributed by atoms with Crippen molar-refractivity contribution in [1.82, 2.24) is 0 Å². The van der Waals surface area contributed by atoms with Gasteiger partial charge in [0.1, 0.15) is 54.9 Å². The quantitative estimate of drug-likeness (QED) is 0.0172. The summed E-state index contributed by atoms with van der Waals surface area (Å²) in [6.45, 7) is 3.56. The van der Waals surface area contributed by atoms with Gasteiger partial charge >= 0.3 is 5.97 Å². The van der Waals surface area contributed by atoms with E-state index in [1.165, 1.54) is 96.3 Å². The SMILES string of the molecule is CC/C=C\C/C=C\C/C=C\C/C=C\C/C=C\CCCCCCCCCCCC(=O)OC(COCCCCCCCC/C=C\CCCCCCCC)COC1OC(COC2OC(CO)C(O)C(O)C2O)C(O)C(O)C1O. The number of aliphatic hydroxyl groups excluding tert-OH is 7. The molecule has 2 fully saturated rings. The van der Waals surface area contributed by atoms with Gasteiger partial charge in [-0.05, 0) is 83.5 Å². The Bertz CT molecular complexity index is 1510. The Hall–Kier alpha value is -2.57. The summed E-state index contributed by atoms with van der Waals surface area (Å²) in [4.78, 5) is 13.1. The lowest BCUT2D eigenvalue weighted by Gasteiger charge is -2.42. The highest BCUT2D eigenvalue weighted by atomic mass is 16.7. The van der Waals surface area contributed by atoms with E-state index < -0.39 is 80.7 Å². The summed E-state index contributed by atoms with van der Waals surface area (Å²) < 4.78 is 34.4. The third kappa shape index (κ3) is 34.1. The fourth-order valence-corrected chi connectivity index (χ4v) is 8.95. The van der Waals surface area contributed by atoms with Crippen molar-refractivity contribution < 1.29 is 69.0 Å². The standard InChI is InChI=1S/C61H106O14/c1-3-5-7-9-11-13-15-17-19-21-22-23-24-25-26-27-28-29-30-32-34-36-38-40-42-44-53(63)73-50(47-70-45-43-41-39-37-35-33-31-20-18-16-14-12-10-8-6-4-2)48-71-60-59(69)57(67)55(65)52(75-60)49-72-61-58(68)56(66)54(64)51(46-62)74-61/h5,7,11,13,17-20,22-23,25-26,50-52,54-62,64-69H,3-4,6,8-10,12,14-16,21,24,27-49H2,1-2H3/b7-5-,13-11-,19-17-,20-18-,23-22-,26-25-. The first-order valence-corrected chi connectivity index (χ1v) is 29.5. The van der Waals surface area contributed by atoms with Crippen molar-refractivity contribution >= 4 is 5.97 Å². The van der Waals surface area contributed by atoms with Crippen LogP contribution >= 0.6 is 0 Å². The molecule has 2 saturated heterocycles. The number of hydrogen-bond donors (Lipinski definition) is 7. The van der Waals surface area contributed by atoms with Crippen LogP contribution in [0.3, 0.4) is 0 Å². The van der Waals surface area contributed by atoms with E-state index in [-0.39, 0.29) is 25.6 Å². The van der Waals surface area contributed by atoms with Crippen LogP contribution in [0.4, 0.5) is 0 Å². The Labute approximate surface area is 453 Å². The van der Waals surface area contributed by atoms with Crippen molar-refractivity contribution in [2.45, 2.75) is 274 Å². The maximum absolute atomic E-state index is 13.1. The number of hydrogen-bond acceptors (Lipinski definition) is 14. The molecule has 75 heavy (non-hydrogen) atoms. The van der Waals surface area contributed by atoms with Crippen molar-refractivity contribution in [3.63, 3.8) is 0 Å². The van der Waals surface area contributed by atoms with Crippen LogP contribution in [0.2, 0.25) is 0 Å². The molecule has 0 aliphatic carbocycles. The Kier molecular flexibility index (Phi) is 43.3. The average molecular weight is 1060 g/mol. The smallest absolute Gasteiger partial charge is 0.306 e. The highest BCUT2D eigenvalue weighted by molar-refractivity contribution is 5.69. The molecule has 11 unspecified atom stereocenters. The van der Waals surface area contributed by atoms with Gasteiger partial charge in [-0.2, -0.15) is 0 Å². The Balaban J connectivity index is 1.70. The lowest BCUT2D eigenvalue weighted by atomic mass is 9.98. The molecule has 0 amide bonds. The number of aliphatic hydroxyl groups is 7. The van der Waals surface area contributed by atoms with E-state index in [0.29, 0.717) is 13.0 Å². The molecule has 7 N–H and O–H groups in total. The second-order valence-corrected chi connectivity index (χ2v) is 20.4. The monoisotopic (exact) mass is 1060 g/mol. The molecule has 0 saturated carbocycles. The van der Waals surface area contributed by atoms with E-state index in [4.69, 9.17) is 28.4 Å². The lowest BCUT2D eigenvalue weighted by molar-refractivity contribution is -0.332. The highest BCUT2D eigenvalue weighted by Crippen LogP contribution is 2.26. The molecule has 434 valence electrons. The third-order valence-electron chi connectivity index (χ3n) is 13.7. The molecule has 14 nitrogen and oxygen atoms in total. The molecule has 2 rings (SSSR count). The van der Waals surface area contributed by atoms with Crippen molar-refractivity contribution in [2.75, 3.05) is 33.0 Å². The highest BCUT2D eigenvalue weighted by Gasteiger charge is 2.47. The van der Waals surface area contributed by atoms with Crippen LogP contribution in [0.25, 0.3) is 0 Å². The van der Waals surface area contributed by atoms with Gasteiger partial charge in [-0.15, -0.1) is 0 Å². The van der Waals surface area contributed by atoms with Crippen molar-refractivity contribution in [1.29, 1.82) is 0 Å². The fraction of sp³-hybridized carbons (Fsp3) is 0.787. The minimum atomic E-state index is -1.71. The van der Waals surface area contributed by atoms with Gasteiger partial charge in [-0.1, -0.05) is 189 Å². The van der Waals surface area contributed by atoms with Crippen LogP contribution in [-0.4, -0.2) is 142 Å². The van der Waals surface area contributed by atoms with Gasteiger partial charge < -0.3 is 64.2 Å². The minimum absolute atomic E-state index is 0.0524. The maximum Gasteiger partial charge on any atom is 0.306 e. The van der Waals surface area contributed by atoms with Crippen LogP contribution < -0.4 is 0 Å². The van der Waals surface area contributed by atoms with Crippen LogP contribution in [-0.2, 0) is 33.2 Å². The molecule has 0 aromatic rings. The number of carbonyl (C=O) groups excluding carboxylic acids is 1. The summed E-state index contributed by atoms with van der Waals surface area (Å²) in [6, 6.07) is 0. The zero-order chi connectivity index (χ0) is 54.4. The van der Waals surface area contributed by atoms with E-state index in [0.717, 1.165) is 83.5 Å². The van der Waals surface area contributed by atoms with Gasteiger partial charge in [0.05, 0.1) is 26.4 Å². The average Bonchev–Trinajstić information content (AvgIpc) is 3.41. The van der Waals surface area contributed by atoms with Crippen molar-refractivity contribution in [3.05, 3.63) is 72.9 Å². The van der Waals surface area contributed by atoms with Gasteiger partial charge in [0, 0.05) is 13.0 Å². The molecular weight excluding hydrogens is 957 g/mol. The maximum atomic E-state index is 13.1. The van der Waals surface area contributed by atoms with E-state index >= 15 is 0 Å². The molecule has 14 heteroatoms. The van der Waals surface area contributed by atoms with Gasteiger partial charge in [0.25, 0.3) is 0 Å². The third-order valence-corrected chi connectivity index (χ3v) is 13.7. The number of rotatable bonds is 47. The first kappa shape index (κ1) is 68.5. The summed E-state index contributed by atoms with van der Waals surface area (Å²) in [6.07, 6.45) is 43.8. The Morgan fingerprint density at radius 2 is 0.867 bits per heavy atom. The van der Waals surface area contributed by atoms with Crippen LogP contribution in [0, 0.1) is 0 Å². The Morgan fingerprint density at radius 1 is 0.453 bits per heavy atom. The van der Waals surface area contributed by atoms with Crippen molar-refractivity contribution in [3.8, 4) is 0 Å². The number of allylic oxidation sites excluding steroid dienone is 12. The normalized spacial score (nSPS) is 25.1. The lowest BCUT2D eigenvalue weighted by Crippen LogP contribution is -2.61. The number of ether oxygens (including phenoxy) is 6. The zero-order valence-electron chi connectivity index (χ0n) is 46.5. The van der Waals surface area contributed by atoms with Crippen molar-refractivity contribution in [2.24, 2.45) is 0 Å². The predicted octanol–water partition coefficient (Wildman–Crippen LogP) is 10.6. The summed E-state index contributed by atoms with van der Waals surface area (Å²) >= 11 is 0. The molecule has 0 aromatic heterocycles. The zero-order valence-corrected chi connectivity index (χ0v) is 46.5. The number of esters is 1. The van der Waals surface area contributed by atoms with Gasteiger partial charge in [0.2, 0.25) is 0 Å². The second kappa shape index (κ2) is 47.4. The summed E-state index contributed by atoms with van der Waals surface area (Å²) in [5.74, 6) is -0.386. The van der Waals surface area contributed by atoms with Gasteiger partial charge in [0.15, 0.2) is 12.6 Å². The molecule has 2 aliphatic rings. The van der Waals surface area contributed by atoms with Crippen LogP contribution in [0.15, 0.2) is 72.9 Å². The fourth-order valence-electron chi connectivity index (χ4n) is 8.95. The first-order valence-electron chi connectivity index (χ1n) is 29.5. The van der Waals surface area contributed by atoms with E-state index in [2.05, 4.69) is 86.8 Å². The van der Waals surface area contributed by atoms with E-state index in [9.17, 15) is 40.5 Å². The predicted molar refractivity (Wildman–Crippen MR) is 298 cm³/mol. The largest absolute Gasteiger partial charge is 0.457 e. The minimum Gasteiger partial charge on any atom is -0.457 e. The Morgan fingerprint density at radius 3 is 1.37 bits per heavy atom. The van der Waals surface area contributed by atoms with E-state index in [1.54, 1.807) is 0 Å². The molecule has 0 spiro atoms. The number of carbonyl (C=O) groups is 1. The second-order valence-electron chi connectivity index (χ2n) is 20.4.